The zero-order chi connectivity index (χ0) is 7.72. The van der Waals surface area contributed by atoms with Crippen LogP contribution in [0.15, 0.2) is 17.0 Å². The lowest BCUT2D eigenvalue weighted by atomic mass is 10.3. The number of benzene rings is 1. The van der Waals surface area contributed by atoms with Gasteiger partial charge in [-0.05, 0) is 12.1 Å². The van der Waals surface area contributed by atoms with E-state index in [1.54, 1.807) is 0 Å². The molecule has 0 saturated carbocycles. The molecule has 0 aliphatic rings. The molecule has 0 bridgehead atoms. The minimum absolute atomic E-state index is 0.131. The Bertz CT molecular complexity index is 239. The summed E-state index contributed by atoms with van der Waals surface area (Å²) >= 11 is 14.8. The van der Waals surface area contributed by atoms with Gasteiger partial charge in [-0.1, -0.05) is 23.2 Å². The predicted molar refractivity (Wildman–Crippen MR) is 43.7 cm³/mol. The lowest BCUT2D eigenvalue weighted by Gasteiger charge is -1.97. The van der Waals surface area contributed by atoms with Crippen LogP contribution in [0.3, 0.4) is 0 Å². The third-order valence-corrected chi connectivity index (χ3v) is 2.08. The fraction of sp³-hybridized carbons (Fsp3) is 0. The summed E-state index contributed by atoms with van der Waals surface area (Å²) in [5.41, 5.74) is 0. The van der Waals surface area contributed by atoms with Crippen LogP contribution in [0, 0.1) is 5.82 Å². The van der Waals surface area contributed by atoms with E-state index in [-0.39, 0.29) is 14.9 Å². The highest BCUT2D eigenvalue weighted by molar-refractivity contribution is 7.80. The van der Waals surface area contributed by atoms with Crippen LogP contribution in [-0.4, -0.2) is 0 Å². The quantitative estimate of drug-likeness (QED) is 0.605. The van der Waals surface area contributed by atoms with Gasteiger partial charge >= 0.3 is 0 Å². The van der Waals surface area contributed by atoms with Crippen molar-refractivity contribution in [3.63, 3.8) is 0 Å². The van der Waals surface area contributed by atoms with Gasteiger partial charge in [0.15, 0.2) is 0 Å². The standard InChI is InChI=1S/C6H3Cl2FS/c7-3-1-4(8)6(10)5(9)2-3/h1-2,10H. The number of rotatable bonds is 0. The largest absolute Gasteiger partial charge is 0.206 e. The first-order chi connectivity index (χ1) is 4.61. The first-order valence-electron chi connectivity index (χ1n) is 2.45. The van der Waals surface area contributed by atoms with Crippen molar-refractivity contribution in [1.82, 2.24) is 0 Å². The van der Waals surface area contributed by atoms with Crippen molar-refractivity contribution in [3.05, 3.63) is 28.0 Å². The van der Waals surface area contributed by atoms with E-state index < -0.39 is 5.82 Å². The molecule has 54 valence electrons. The normalized spacial score (nSPS) is 10.0. The van der Waals surface area contributed by atoms with Gasteiger partial charge in [0.2, 0.25) is 0 Å². The molecule has 0 amide bonds. The molecule has 1 aromatic carbocycles. The summed E-state index contributed by atoms with van der Waals surface area (Å²) < 4.78 is 12.6. The van der Waals surface area contributed by atoms with Crippen LogP contribution in [0.5, 0.6) is 0 Å². The minimum atomic E-state index is -0.499. The highest BCUT2D eigenvalue weighted by Crippen LogP contribution is 2.26. The Balaban J connectivity index is 3.31. The van der Waals surface area contributed by atoms with Crippen molar-refractivity contribution in [2.45, 2.75) is 4.90 Å². The van der Waals surface area contributed by atoms with Crippen molar-refractivity contribution < 1.29 is 4.39 Å². The molecule has 0 saturated heterocycles. The summed E-state index contributed by atoms with van der Waals surface area (Å²) in [6, 6.07) is 2.60. The molecule has 0 heterocycles. The van der Waals surface area contributed by atoms with Gasteiger partial charge in [-0.25, -0.2) is 4.39 Å². The Morgan fingerprint density at radius 2 is 1.90 bits per heavy atom. The fourth-order valence-corrected chi connectivity index (χ4v) is 1.13. The maximum atomic E-state index is 12.6. The molecule has 0 aliphatic carbocycles. The Morgan fingerprint density at radius 1 is 1.30 bits per heavy atom. The van der Waals surface area contributed by atoms with Crippen LogP contribution in [0.1, 0.15) is 0 Å². The van der Waals surface area contributed by atoms with Crippen molar-refractivity contribution in [3.8, 4) is 0 Å². The number of hydrogen-bond acceptors (Lipinski definition) is 1. The molecule has 0 unspecified atom stereocenters. The summed E-state index contributed by atoms with van der Waals surface area (Å²) in [7, 11) is 0. The molecule has 1 aromatic rings. The van der Waals surface area contributed by atoms with E-state index in [1.807, 2.05) is 0 Å². The van der Waals surface area contributed by atoms with Crippen molar-refractivity contribution in [1.29, 1.82) is 0 Å². The second-order valence-electron chi connectivity index (χ2n) is 1.72. The van der Waals surface area contributed by atoms with E-state index in [2.05, 4.69) is 12.6 Å². The highest BCUT2D eigenvalue weighted by atomic mass is 35.5. The van der Waals surface area contributed by atoms with Crippen LogP contribution < -0.4 is 0 Å². The van der Waals surface area contributed by atoms with Gasteiger partial charge in [0.05, 0.1) is 9.92 Å². The Hall–Kier alpha value is 0.0800. The molecule has 1 rings (SSSR count). The molecule has 0 radical (unpaired) electrons. The monoisotopic (exact) mass is 196 g/mol. The molecular formula is C6H3Cl2FS. The van der Waals surface area contributed by atoms with E-state index in [0.29, 0.717) is 0 Å². The average molecular weight is 197 g/mol. The summed E-state index contributed by atoms with van der Waals surface area (Å²) in [5.74, 6) is -0.499. The minimum Gasteiger partial charge on any atom is -0.206 e. The van der Waals surface area contributed by atoms with Gasteiger partial charge in [0.1, 0.15) is 5.82 Å². The molecule has 0 atom stereocenters. The van der Waals surface area contributed by atoms with Gasteiger partial charge in [0, 0.05) is 5.02 Å². The molecule has 0 aromatic heterocycles. The maximum Gasteiger partial charge on any atom is 0.139 e. The van der Waals surface area contributed by atoms with Crippen LogP contribution >= 0.6 is 35.8 Å². The van der Waals surface area contributed by atoms with Crippen LogP contribution in [-0.2, 0) is 0 Å². The lowest BCUT2D eigenvalue weighted by molar-refractivity contribution is 0.603. The van der Waals surface area contributed by atoms with Gasteiger partial charge < -0.3 is 0 Å². The topological polar surface area (TPSA) is 0 Å². The summed E-state index contributed by atoms with van der Waals surface area (Å²) in [6.07, 6.45) is 0. The molecular weight excluding hydrogens is 194 g/mol. The SMILES string of the molecule is Fc1cc(Cl)cc(Cl)c1S. The lowest BCUT2D eigenvalue weighted by Crippen LogP contribution is -1.78. The molecule has 0 N–H and O–H groups in total. The van der Waals surface area contributed by atoms with Crippen molar-refractivity contribution in [2.75, 3.05) is 0 Å². The number of halogens is 3. The summed E-state index contributed by atoms with van der Waals surface area (Å²) in [6.45, 7) is 0. The van der Waals surface area contributed by atoms with E-state index in [4.69, 9.17) is 23.2 Å². The highest BCUT2D eigenvalue weighted by Gasteiger charge is 2.03. The molecule has 10 heavy (non-hydrogen) atoms. The van der Waals surface area contributed by atoms with E-state index >= 15 is 0 Å². The molecule has 0 aliphatic heterocycles. The second-order valence-corrected chi connectivity index (χ2v) is 3.01. The Kier molecular flexibility index (Phi) is 2.45. The van der Waals surface area contributed by atoms with Crippen LogP contribution in [0.4, 0.5) is 4.39 Å². The molecule has 4 heteroatoms. The van der Waals surface area contributed by atoms with Gasteiger partial charge in [-0.15, -0.1) is 12.6 Å². The first kappa shape index (κ1) is 8.18. The smallest absolute Gasteiger partial charge is 0.139 e. The fourth-order valence-electron chi connectivity index (χ4n) is 0.535. The Morgan fingerprint density at radius 3 is 2.40 bits per heavy atom. The van der Waals surface area contributed by atoms with E-state index in [0.717, 1.165) is 6.07 Å². The molecule has 0 spiro atoms. The average Bonchev–Trinajstić information content (AvgIpc) is 1.82. The third-order valence-electron chi connectivity index (χ3n) is 0.982. The van der Waals surface area contributed by atoms with Crippen molar-refractivity contribution >= 4 is 35.8 Å². The van der Waals surface area contributed by atoms with E-state index in [1.165, 1.54) is 6.07 Å². The van der Waals surface area contributed by atoms with Gasteiger partial charge in [-0.2, -0.15) is 0 Å². The second kappa shape index (κ2) is 2.99. The zero-order valence-corrected chi connectivity index (χ0v) is 7.14. The number of hydrogen-bond donors (Lipinski definition) is 1. The van der Waals surface area contributed by atoms with Crippen molar-refractivity contribution in [2.24, 2.45) is 0 Å². The maximum absolute atomic E-state index is 12.6. The Labute approximate surface area is 73.4 Å². The van der Waals surface area contributed by atoms with Gasteiger partial charge in [0.25, 0.3) is 0 Å². The summed E-state index contributed by atoms with van der Waals surface area (Å²) in [5, 5.41) is 0.508. The van der Waals surface area contributed by atoms with Crippen LogP contribution in [0.2, 0.25) is 10.0 Å². The number of thiol groups is 1. The van der Waals surface area contributed by atoms with Crippen LogP contribution in [0.25, 0.3) is 0 Å². The van der Waals surface area contributed by atoms with Gasteiger partial charge in [-0.3, -0.25) is 0 Å². The third kappa shape index (κ3) is 1.57. The zero-order valence-electron chi connectivity index (χ0n) is 4.74. The first-order valence-corrected chi connectivity index (χ1v) is 3.65. The summed E-state index contributed by atoms with van der Waals surface area (Å²) in [4.78, 5) is 0.131. The molecule has 0 fully saturated rings. The predicted octanol–water partition coefficient (Wildman–Crippen LogP) is 3.42. The van der Waals surface area contributed by atoms with E-state index in [9.17, 15) is 4.39 Å². The molecule has 0 nitrogen and oxygen atoms in total.